The molecule has 2 aliphatic rings. The number of β-amino-alcohol motifs (C(OH)–C–C–N with tert-alkyl or cyclic N) is 1. The zero-order valence-corrected chi connectivity index (χ0v) is 11.9. The molecular weight excluding hydrogens is 297 g/mol. The van der Waals surface area contributed by atoms with Gasteiger partial charge in [0.15, 0.2) is 5.60 Å². The molecule has 0 aromatic heterocycles. The van der Waals surface area contributed by atoms with E-state index in [2.05, 4.69) is 0 Å². The van der Waals surface area contributed by atoms with Gasteiger partial charge in [0.2, 0.25) is 5.91 Å². The summed E-state index contributed by atoms with van der Waals surface area (Å²) < 4.78 is 38.2. The van der Waals surface area contributed by atoms with Gasteiger partial charge >= 0.3 is 6.18 Å². The normalized spacial score (nSPS) is 29.4. The molecule has 20 heavy (non-hydrogen) atoms. The van der Waals surface area contributed by atoms with Crippen LogP contribution in [0.3, 0.4) is 0 Å². The van der Waals surface area contributed by atoms with E-state index in [0.29, 0.717) is 12.8 Å². The molecule has 1 unspecified atom stereocenters. The third-order valence-corrected chi connectivity index (χ3v) is 4.47. The second kappa shape index (κ2) is 5.69. The lowest BCUT2D eigenvalue weighted by Gasteiger charge is -2.32. The van der Waals surface area contributed by atoms with E-state index in [4.69, 9.17) is 5.73 Å². The van der Waals surface area contributed by atoms with Crippen LogP contribution in [0.1, 0.15) is 32.1 Å². The molecule has 0 aromatic rings. The summed E-state index contributed by atoms with van der Waals surface area (Å²) in [6, 6.07) is 0. The topological polar surface area (TPSA) is 66.6 Å². The van der Waals surface area contributed by atoms with Crippen molar-refractivity contribution in [1.29, 1.82) is 0 Å². The van der Waals surface area contributed by atoms with Crippen LogP contribution in [0.15, 0.2) is 0 Å². The van der Waals surface area contributed by atoms with Gasteiger partial charge in [0.1, 0.15) is 0 Å². The molecule has 3 N–H and O–H groups in total. The molecule has 1 aliphatic heterocycles. The van der Waals surface area contributed by atoms with Crippen molar-refractivity contribution >= 4 is 18.3 Å². The minimum absolute atomic E-state index is 0. The van der Waals surface area contributed by atoms with Crippen LogP contribution in [-0.4, -0.2) is 47.3 Å². The van der Waals surface area contributed by atoms with Crippen molar-refractivity contribution in [2.45, 2.75) is 43.9 Å². The Kier molecular flexibility index (Phi) is 4.99. The SMILES string of the molecule is Cl.NCC1(C(=O)N2CCC(O)(C(F)(F)F)C2)CCCC1. The molecule has 1 saturated heterocycles. The Morgan fingerprint density at radius 2 is 1.80 bits per heavy atom. The predicted octanol–water partition coefficient (Wildman–Crippen LogP) is 1.45. The van der Waals surface area contributed by atoms with Crippen molar-refractivity contribution in [1.82, 2.24) is 4.90 Å². The highest BCUT2D eigenvalue weighted by Crippen LogP contribution is 2.42. The molecule has 0 spiro atoms. The maximum atomic E-state index is 12.7. The van der Waals surface area contributed by atoms with Gasteiger partial charge in [0.25, 0.3) is 0 Å². The van der Waals surface area contributed by atoms with Crippen molar-refractivity contribution in [3.8, 4) is 0 Å². The van der Waals surface area contributed by atoms with E-state index in [1.54, 1.807) is 0 Å². The fourth-order valence-corrected chi connectivity index (χ4v) is 3.09. The Balaban J connectivity index is 0.00000200. The maximum Gasteiger partial charge on any atom is 0.419 e. The van der Waals surface area contributed by atoms with Gasteiger partial charge in [0, 0.05) is 19.5 Å². The lowest BCUT2D eigenvalue weighted by molar-refractivity contribution is -0.253. The Morgan fingerprint density at radius 1 is 1.25 bits per heavy atom. The molecule has 1 atom stereocenters. The number of alkyl halides is 3. The third-order valence-electron chi connectivity index (χ3n) is 4.47. The molecule has 4 nitrogen and oxygen atoms in total. The average molecular weight is 317 g/mol. The number of likely N-dealkylation sites (tertiary alicyclic amines) is 1. The van der Waals surface area contributed by atoms with E-state index < -0.39 is 30.2 Å². The largest absolute Gasteiger partial charge is 0.419 e. The van der Waals surface area contributed by atoms with Crippen LogP contribution in [0.5, 0.6) is 0 Å². The number of hydrogen-bond donors (Lipinski definition) is 2. The quantitative estimate of drug-likeness (QED) is 0.810. The van der Waals surface area contributed by atoms with Crippen molar-refractivity contribution in [2.75, 3.05) is 19.6 Å². The first-order chi connectivity index (χ1) is 8.74. The maximum absolute atomic E-state index is 12.7. The van der Waals surface area contributed by atoms with Crippen LogP contribution in [0.2, 0.25) is 0 Å². The van der Waals surface area contributed by atoms with E-state index in [9.17, 15) is 23.1 Å². The number of nitrogens with two attached hydrogens (primary N) is 1. The van der Waals surface area contributed by atoms with Gasteiger partial charge < -0.3 is 15.7 Å². The van der Waals surface area contributed by atoms with E-state index in [-0.39, 0.29) is 31.4 Å². The summed E-state index contributed by atoms with van der Waals surface area (Å²) in [6.45, 7) is -0.569. The number of hydrogen-bond acceptors (Lipinski definition) is 3. The monoisotopic (exact) mass is 316 g/mol. The highest BCUT2D eigenvalue weighted by Gasteiger charge is 2.59. The van der Waals surface area contributed by atoms with Gasteiger partial charge in [-0.2, -0.15) is 13.2 Å². The van der Waals surface area contributed by atoms with Crippen molar-refractivity contribution < 1.29 is 23.1 Å². The van der Waals surface area contributed by atoms with Crippen LogP contribution in [0.4, 0.5) is 13.2 Å². The highest BCUT2D eigenvalue weighted by atomic mass is 35.5. The zero-order chi connectivity index (χ0) is 14.3. The van der Waals surface area contributed by atoms with E-state index in [1.165, 1.54) is 0 Å². The number of rotatable bonds is 2. The van der Waals surface area contributed by atoms with Crippen LogP contribution < -0.4 is 5.73 Å². The molecular formula is C12H20ClF3N2O2. The van der Waals surface area contributed by atoms with Crippen molar-refractivity contribution in [3.05, 3.63) is 0 Å². The summed E-state index contributed by atoms with van der Waals surface area (Å²) in [4.78, 5) is 13.5. The summed E-state index contributed by atoms with van der Waals surface area (Å²) in [6.07, 6.45) is -2.15. The first kappa shape index (κ1) is 17.5. The highest BCUT2D eigenvalue weighted by molar-refractivity contribution is 5.85. The second-order valence-electron chi connectivity index (χ2n) is 5.70. The average Bonchev–Trinajstić information content (AvgIpc) is 2.95. The smallest absolute Gasteiger partial charge is 0.379 e. The molecule has 118 valence electrons. The minimum atomic E-state index is -4.70. The first-order valence-corrected chi connectivity index (χ1v) is 6.53. The second-order valence-corrected chi connectivity index (χ2v) is 5.70. The zero-order valence-electron chi connectivity index (χ0n) is 11.1. The molecule has 1 heterocycles. The van der Waals surface area contributed by atoms with E-state index in [0.717, 1.165) is 17.7 Å². The fourth-order valence-electron chi connectivity index (χ4n) is 3.09. The summed E-state index contributed by atoms with van der Waals surface area (Å²) in [5.74, 6) is -0.326. The van der Waals surface area contributed by atoms with Gasteiger partial charge in [-0.05, 0) is 12.8 Å². The van der Waals surface area contributed by atoms with Crippen molar-refractivity contribution in [3.63, 3.8) is 0 Å². The molecule has 8 heteroatoms. The summed E-state index contributed by atoms with van der Waals surface area (Å²) in [5, 5.41) is 9.60. The lowest BCUT2D eigenvalue weighted by Crippen LogP contribution is -2.51. The van der Waals surface area contributed by atoms with E-state index >= 15 is 0 Å². The molecule has 0 radical (unpaired) electrons. The van der Waals surface area contributed by atoms with Crippen LogP contribution in [0, 0.1) is 5.41 Å². The van der Waals surface area contributed by atoms with Gasteiger partial charge in [-0.3, -0.25) is 4.79 Å². The summed E-state index contributed by atoms with van der Waals surface area (Å²) in [5.41, 5.74) is 2.18. The molecule has 0 bridgehead atoms. The fraction of sp³-hybridized carbons (Fsp3) is 0.917. The van der Waals surface area contributed by atoms with Crippen molar-refractivity contribution in [2.24, 2.45) is 11.1 Å². The number of nitrogens with zero attached hydrogens (tertiary/aromatic N) is 1. The molecule has 1 amide bonds. The number of aliphatic hydroxyl groups is 1. The summed E-state index contributed by atoms with van der Waals surface area (Å²) in [7, 11) is 0. The molecule has 2 fully saturated rings. The van der Waals surface area contributed by atoms with Gasteiger partial charge in [-0.15, -0.1) is 12.4 Å². The van der Waals surface area contributed by atoms with Crippen LogP contribution >= 0.6 is 12.4 Å². The lowest BCUT2D eigenvalue weighted by atomic mass is 9.84. The molecule has 2 rings (SSSR count). The number of carbonyl (C=O) groups is 1. The number of carbonyl (C=O) groups excluding carboxylic acids is 1. The minimum Gasteiger partial charge on any atom is -0.379 e. The summed E-state index contributed by atoms with van der Waals surface area (Å²) >= 11 is 0. The Morgan fingerprint density at radius 3 is 2.20 bits per heavy atom. The van der Waals surface area contributed by atoms with Gasteiger partial charge in [-0.1, -0.05) is 12.8 Å². The van der Waals surface area contributed by atoms with Gasteiger partial charge in [-0.25, -0.2) is 0 Å². The number of amides is 1. The van der Waals surface area contributed by atoms with Gasteiger partial charge in [0.05, 0.1) is 12.0 Å². The number of halogens is 4. The third kappa shape index (κ3) is 2.76. The Hall–Kier alpha value is -0.530. The molecule has 1 aliphatic carbocycles. The Labute approximate surface area is 121 Å². The Bertz CT molecular complexity index is 372. The predicted molar refractivity (Wildman–Crippen MR) is 69.4 cm³/mol. The standard InChI is InChI=1S/C12H19F3N2O2.ClH/c13-12(14,15)11(19)5-6-17(8-11)9(18)10(7-16)3-1-2-4-10;/h19H,1-8,16H2;1H. The van der Waals surface area contributed by atoms with E-state index in [1.807, 2.05) is 0 Å². The van der Waals surface area contributed by atoms with Crippen LogP contribution in [0.25, 0.3) is 0 Å². The first-order valence-electron chi connectivity index (χ1n) is 6.53. The molecule has 1 saturated carbocycles. The molecule has 0 aromatic carbocycles. The van der Waals surface area contributed by atoms with Crippen LogP contribution in [-0.2, 0) is 4.79 Å².